The zero-order valence-electron chi connectivity index (χ0n) is 10.8. The Morgan fingerprint density at radius 2 is 1.50 bits per heavy atom. The molecule has 3 nitrogen and oxygen atoms in total. The maximum absolute atomic E-state index is 11.9. The smallest absolute Gasteiger partial charge is 0.320 e. The fraction of sp³-hybridized carbons (Fsp3) is 0.833. The van der Waals surface area contributed by atoms with Crippen molar-refractivity contribution in [2.45, 2.75) is 52.9 Å². The second kappa shape index (κ2) is 4.06. The van der Waals surface area contributed by atoms with Gasteiger partial charge in [0.05, 0.1) is 0 Å². The van der Waals surface area contributed by atoms with Gasteiger partial charge in [0, 0.05) is 5.41 Å². The van der Waals surface area contributed by atoms with E-state index < -0.39 is 11.4 Å². The van der Waals surface area contributed by atoms with Crippen LogP contribution in [0.25, 0.3) is 0 Å². The summed E-state index contributed by atoms with van der Waals surface area (Å²) in [5, 5.41) is -0.425. The Labute approximate surface area is 101 Å². The molecule has 1 saturated heterocycles. The number of carbonyl (C=O) groups excluding carboxylic acids is 2. The van der Waals surface area contributed by atoms with E-state index in [4.69, 9.17) is 4.74 Å². The molecule has 0 aliphatic carbocycles. The summed E-state index contributed by atoms with van der Waals surface area (Å²) in [7, 11) is 0. The Hall–Kier alpha value is -0.510. The first kappa shape index (κ1) is 13.6. The monoisotopic (exact) mass is 244 g/mol. The summed E-state index contributed by atoms with van der Waals surface area (Å²) < 4.78 is 5.29. The van der Waals surface area contributed by atoms with E-state index in [1.165, 1.54) is 0 Å². The van der Waals surface area contributed by atoms with Crippen LogP contribution < -0.4 is 0 Å². The van der Waals surface area contributed by atoms with Crippen molar-refractivity contribution in [1.29, 1.82) is 0 Å². The first-order valence-corrected chi connectivity index (χ1v) is 6.32. The third-order valence-corrected chi connectivity index (χ3v) is 4.05. The number of hydrogen-bond acceptors (Lipinski definition) is 4. The zero-order valence-corrected chi connectivity index (χ0v) is 11.6. The van der Waals surface area contributed by atoms with E-state index in [9.17, 15) is 9.59 Å². The summed E-state index contributed by atoms with van der Waals surface area (Å²) in [5.74, 6) is -0.267. The Balaban J connectivity index is 2.88. The molecule has 0 bridgehead atoms. The third-order valence-electron chi connectivity index (χ3n) is 2.47. The van der Waals surface area contributed by atoms with Crippen LogP contribution in [0.5, 0.6) is 0 Å². The lowest BCUT2D eigenvalue weighted by Gasteiger charge is -2.38. The quantitative estimate of drug-likeness (QED) is 0.614. The van der Waals surface area contributed by atoms with Gasteiger partial charge in [-0.25, -0.2) is 0 Å². The Morgan fingerprint density at radius 3 is 1.88 bits per heavy atom. The van der Waals surface area contributed by atoms with Crippen LogP contribution in [0, 0.1) is 10.8 Å². The van der Waals surface area contributed by atoms with Gasteiger partial charge in [0.25, 0.3) is 0 Å². The SMILES string of the molecule is CC(C)(C)C1OC(=O)C(C(C)(C)C)SC1=O. The van der Waals surface area contributed by atoms with Crippen molar-refractivity contribution in [2.24, 2.45) is 10.8 Å². The van der Waals surface area contributed by atoms with Crippen LogP contribution in [0.4, 0.5) is 0 Å². The average Bonchev–Trinajstić information content (AvgIpc) is 2.04. The van der Waals surface area contributed by atoms with Crippen LogP contribution in [0.2, 0.25) is 0 Å². The van der Waals surface area contributed by atoms with Crippen molar-refractivity contribution >= 4 is 22.8 Å². The molecule has 1 rings (SSSR count). The molecule has 0 amide bonds. The molecule has 1 fully saturated rings. The van der Waals surface area contributed by atoms with E-state index in [0.717, 1.165) is 11.8 Å². The number of hydrogen-bond donors (Lipinski definition) is 0. The number of thioether (sulfide) groups is 1. The summed E-state index contributed by atoms with van der Waals surface area (Å²) in [6.45, 7) is 11.5. The van der Waals surface area contributed by atoms with Gasteiger partial charge < -0.3 is 4.74 Å². The van der Waals surface area contributed by atoms with Gasteiger partial charge in [-0.15, -0.1) is 0 Å². The van der Waals surface area contributed by atoms with E-state index >= 15 is 0 Å². The molecule has 92 valence electrons. The third kappa shape index (κ3) is 2.78. The molecule has 0 N–H and O–H groups in total. The molecular formula is C12H20O3S. The van der Waals surface area contributed by atoms with Gasteiger partial charge >= 0.3 is 5.97 Å². The molecule has 1 heterocycles. The first-order chi connectivity index (χ1) is 7.03. The number of cyclic esters (lactones) is 1. The second-order valence-electron chi connectivity index (χ2n) is 6.37. The van der Waals surface area contributed by atoms with Gasteiger partial charge in [-0.05, 0) is 5.41 Å². The lowest BCUT2D eigenvalue weighted by Crippen LogP contribution is -2.48. The van der Waals surface area contributed by atoms with Crippen LogP contribution in [0.3, 0.4) is 0 Å². The summed E-state index contributed by atoms with van der Waals surface area (Å²) in [4.78, 5) is 23.8. The van der Waals surface area contributed by atoms with Crippen molar-refractivity contribution in [3.63, 3.8) is 0 Å². The Morgan fingerprint density at radius 1 is 1.00 bits per heavy atom. The summed E-state index contributed by atoms with van der Waals surface area (Å²) in [6, 6.07) is 0. The molecule has 2 unspecified atom stereocenters. The van der Waals surface area contributed by atoms with Gasteiger partial charge in [-0.2, -0.15) is 0 Å². The average molecular weight is 244 g/mol. The number of ether oxygens (including phenoxy) is 1. The van der Waals surface area contributed by atoms with Crippen LogP contribution in [-0.2, 0) is 14.3 Å². The predicted octanol–water partition coefficient (Wildman–Crippen LogP) is 2.63. The fourth-order valence-corrected chi connectivity index (χ4v) is 2.78. The minimum Gasteiger partial charge on any atom is -0.452 e. The maximum atomic E-state index is 11.9. The van der Waals surface area contributed by atoms with E-state index in [0.29, 0.717) is 0 Å². The van der Waals surface area contributed by atoms with Crippen molar-refractivity contribution in [3.05, 3.63) is 0 Å². The molecular weight excluding hydrogens is 224 g/mol. The topological polar surface area (TPSA) is 43.4 Å². The number of rotatable bonds is 0. The number of esters is 1. The molecule has 0 aromatic heterocycles. The summed E-state index contributed by atoms with van der Waals surface area (Å²) in [5.41, 5.74) is -0.580. The van der Waals surface area contributed by atoms with Crippen LogP contribution in [-0.4, -0.2) is 22.4 Å². The highest BCUT2D eigenvalue weighted by Gasteiger charge is 2.47. The molecule has 1 aliphatic heterocycles. The zero-order chi connectivity index (χ0) is 12.7. The molecule has 0 spiro atoms. The molecule has 0 saturated carbocycles. The van der Waals surface area contributed by atoms with Gasteiger partial charge in [0.15, 0.2) is 6.10 Å². The molecule has 1 aliphatic rings. The van der Waals surface area contributed by atoms with Crippen molar-refractivity contribution < 1.29 is 14.3 Å². The fourth-order valence-electron chi connectivity index (χ4n) is 1.51. The van der Waals surface area contributed by atoms with E-state index in [-0.39, 0.29) is 21.9 Å². The van der Waals surface area contributed by atoms with E-state index in [1.54, 1.807) is 0 Å². The van der Waals surface area contributed by atoms with Gasteiger partial charge in [-0.3, -0.25) is 9.59 Å². The van der Waals surface area contributed by atoms with Gasteiger partial charge in [-0.1, -0.05) is 53.3 Å². The van der Waals surface area contributed by atoms with Crippen molar-refractivity contribution in [3.8, 4) is 0 Å². The van der Waals surface area contributed by atoms with Crippen LogP contribution >= 0.6 is 11.8 Å². The van der Waals surface area contributed by atoms with Crippen LogP contribution in [0.1, 0.15) is 41.5 Å². The summed E-state index contributed by atoms with van der Waals surface area (Å²) in [6.07, 6.45) is -0.622. The van der Waals surface area contributed by atoms with Crippen LogP contribution in [0.15, 0.2) is 0 Å². The maximum Gasteiger partial charge on any atom is 0.320 e. The van der Waals surface area contributed by atoms with Gasteiger partial charge in [0.1, 0.15) is 5.25 Å². The van der Waals surface area contributed by atoms with E-state index in [2.05, 4.69) is 0 Å². The minimum atomic E-state index is -0.622. The predicted molar refractivity (Wildman–Crippen MR) is 65.2 cm³/mol. The summed E-state index contributed by atoms with van der Waals surface area (Å²) >= 11 is 1.12. The molecule has 2 atom stereocenters. The van der Waals surface area contributed by atoms with Crippen molar-refractivity contribution in [1.82, 2.24) is 0 Å². The molecule has 0 radical (unpaired) electrons. The number of carbonyl (C=O) groups is 2. The molecule has 4 heteroatoms. The lowest BCUT2D eigenvalue weighted by atomic mass is 9.88. The van der Waals surface area contributed by atoms with Gasteiger partial charge in [0.2, 0.25) is 5.12 Å². The molecule has 16 heavy (non-hydrogen) atoms. The normalized spacial score (nSPS) is 27.9. The molecule has 0 aromatic rings. The Kier molecular flexibility index (Phi) is 3.44. The first-order valence-electron chi connectivity index (χ1n) is 5.44. The molecule has 0 aromatic carbocycles. The van der Waals surface area contributed by atoms with E-state index in [1.807, 2.05) is 41.5 Å². The largest absolute Gasteiger partial charge is 0.452 e. The van der Waals surface area contributed by atoms with Crippen molar-refractivity contribution in [2.75, 3.05) is 0 Å². The second-order valence-corrected chi connectivity index (χ2v) is 7.48. The lowest BCUT2D eigenvalue weighted by molar-refractivity contribution is -0.161. The highest BCUT2D eigenvalue weighted by atomic mass is 32.2. The highest BCUT2D eigenvalue weighted by Crippen LogP contribution is 2.40. The standard InChI is InChI=1S/C12H20O3S/c1-11(2,3)7-10(14)16-8(9(13)15-7)12(4,5)6/h7-8H,1-6H3. The highest BCUT2D eigenvalue weighted by molar-refractivity contribution is 8.15. The minimum absolute atomic E-state index is 0.0352. The Bertz CT molecular complexity index is 277.